The molecule has 3 N–H and O–H groups in total. The zero-order valence-electron chi connectivity index (χ0n) is 16.8. The molecule has 2 aromatic rings. The quantitative estimate of drug-likeness (QED) is 0.585. The summed E-state index contributed by atoms with van der Waals surface area (Å²) in [6.45, 7) is 2.55. The van der Waals surface area contributed by atoms with Gasteiger partial charge in [0.2, 0.25) is 0 Å². The third-order valence-corrected chi connectivity index (χ3v) is 4.41. The Morgan fingerprint density at radius 2 is 1.64 bits per heavy atom. The van der Waals surface area contributed by atoms with Gasteiger partial charge in [-0.2, -0.15) is 0 Å². The van der Waals surface area contributed by atoms with Gasteiger partial charge in [0.15, 0.2) is 13.1 Å². The Balaban J connectivity index is 1.82. The zero-order chi connectivity index (χ0) is 20.4. The Morgan fingerprint density at radius 3 is 2.25 bits per heavy atom. The first-order valence-corrected chi connectivity index (χ1v) is 9.61. The van der Waals surface area contributed by atoms with Crippen molar-refractivity contribution >= 4 is 17.5 Å². The van der Waals surface area contributed by atoms with Crippen LogP contribution < -0.4 is 20.3 Å². The molecule has 2 aromatic carbocycles. The molecule has 0 spiro atoms. The predicted octanol–water partition coefficient (Wildman–Crippen LogP) is 1.81. The molecule has 0 saturated heterocycles. The lowest BCUT2D eigenvalue weighted by atomic mass is 10.0. The van der Waals surface area contributed by atoms with Gasteiger partial charge in [-0.3, -0.25) is 9.59 Å². The predicted molar refractivity (Wildman–Crippen MR) is 110 cm³/mol. The third kappa shape index (κ3) is 7.04. The van der Waals surface area contributed by atoms with Crippen LogP contribution in [-0.2, 0) is 9.59 Å². The third-order valence-electron chi connectivity index (χ3n) is 4.41. The number of carbonyl (C=O) groups is 2. The van der Waals surface area contributed by atoms with Gasteiger partial charge in [-0.05, 0) is 36.2 Å². The van der Waals surface area contributed by atoms with Crippen LogP contribution in [0.1, 0.15) is 31.4 Å². The number of hydrogen-bond donors (Lipinski definition) is 3. The molecule has 0 saturated carbocycles. The number of carbonyl (C=O) groups excluding carboxylic acids is 2. The molecule has 0 bridgehead atoms. The number of amides is 2. The summed E-state index contributed by atoms with van der Waals surface area (Å²) in [5.41, 5.74) is 1.81. The molecule has 2 amide bonds. The van der Waals surface area contributed by atoms with Crippen LogP contribution in [0.2, 0.25) is 0 Å². The molecule has 2 rings (SSSR count). The van der Waals surface area contributed by atoms with Crippen molar-refractivity contribution in [2.75, 3.05) is 32.6 Å². The van der Waals surface area contributed by atoms with Crippen molar-refractivity contribution in [1.82, 2.24) is 5.32 Å². The van der Waals surface area contributed by atoms with Crippen molar-refractivity contribution < 1.29 is 19.2 Å². The van der Waals surface area contributed by atoms with Gasteiger partial charge in [0, 0.05) is 5.69 Å². The molecule has 0 radical (unpaired) electrons. The van der Waals surface area contributed by atoms with Crippen molar-refractivity contribution in [3.63, 3.8) is 0 Å². The highest BCUT2D eigenvalue weighted by molar-refractivity contribution is 5.91. The number of rotatable bonds is 10. The average Bonchev–Trinajstić information content (AvgIpc) is 2.68. The zero-order valence-corrected chi connectivity index (χ0v) is 16.8. The normalized spacial score (nSPS) is 12.7. The minimum absolute atomic E-state index is 0.000347. The van der Waals surface area contributed by atoms with Crippen molar-refractivity contribution in [1.29, 1.82) is 0 Å². The average molecular weight is 385 g/mol. The highest BCUT2D eigenvalue weighted by Gasteiger charge is 2.18. The summed E-state index contributed by atoms with van der Waals surface area (Å²) in [4.78, 5) is 25.5. The molecule has 0 aromatic heterocycles. The molecule has 6 heteroatoms. The van der Waals surface area contributed by atoms with Crippen LogP contribution in [0.3, 0.4) is 0 Å². The Kier molecular flexibility index (Phi) is 8.49. The summed E-state index contributed by atoms with van der Waals surface area (Å²) >= 11 is 0. The van der Waals surface area contributed by atoms with Crippen molar-refractivity contribution in [3.05, 3.63) is 60.2 Å². The van der Waals surface area contributed by atoms with E-state index in [4.69, 9.17) is 4.74 Å². The number of hydrogen-bond acceptors (Lipinski definition) is 3. The number of methoxy groups -OCH3 is 1. The van der Waals surface area contributed by atoms with E-state index in [0.29, 0.717) is 5.69 Å². The second-order valence-electron chi connectivity index (χ2n) is 6.91. The Bertz CT molecular complexity index is 747. The molecule has 2 atom stereocenters. The second kappa shape index (κ2) is 11.1. The summed E-state index contributed by atoms with van der Waals surface area (Å²) in [5, 5.41) is 5.93. The molecule has 0 aliphatic carbocycles. The standard InChI is InChI=1S/C22H29N3O3/c1-4-8-20(17-9-6-5-7-10-17)24-22(27)16-25(2)15-21(26)23-18-11-13-19(28-3)14-12-18/h5-7,9-14,20H,4,8,15-16H2,1-3H3,(H,23,26)(H,24,27)/p+1/t20-/m0/s1. The maximum absolute atomic E-state index is 12.4. The van der Waals surface area contributed by atoms with Crippen molar-refractivity contribution in [2.24, 2.45) is 0 Å². The van der Waals surface area contributed by atoms with E-state index >= 15 is 0 Å². The lowest BCUT2D eigenvalue weighted by Gasteiger charge is -2.20. The number of nitrogens with one attached hydrogen (secondary N) is 3. The number of likely N-dealkylation sites (N-methyl/N-ethyl adjacent to an activating group) is 1. The van der Waals surface area contributed by atoms with Gasteiger partial charge in [0.05, 0.1) is 20.2 Å². The monoisotopic (exact) mass is 384 g/mol. The van der Waals surface area contributed by atoms with Crippen molar-refractivity contribution in [2.45, 2.75) is 25.8 Å². The van der Waals surface area contributed by atoms with E-state index in [9.17, 15) is 9.59 Å². The maximum Gasteiger partial charge on any atom is 0.279 e. The van der Waals surface area contributed by atoms with E-state index < -0.39 is 0 Å². The first-order chi connectivity index (χ1) is 13.5. The number of ether oxygens (including phenoxy) is 1. The lowest BCUT2D eigenvalue weighted by Crippen LogP contribution is -3.11. The van der Waals surface area contributed by atoms with Gasteiger partial charge < -0.3 is 20.3 Å². The molecular weight excluding hydrogens is 354 g/mol. The fourth-order valence-corrected chi connectivity index (χ4v) is 3.03. The summed E-state index contributed by atoms with van der Waals surface area (Å²) in [7, 11) is 3.43. The summed E-state index contributed by atoms with van der Waals surface area (Å²) < 4.78 is 5.10. The smallest absolute Gasteiger partial charge is 0.279 e. The number of benzene rings is 2. The van der Waals surface area contributed by atoms with Crippen LogP contribution in [0.15, 0.2) is 54.6 Å². The molecule has 6 nitrogen and oxygen atoms in total. The van der Waals surface area contributed by atoms with Gasteiger partial charge in [0.1, 0.15) is 5.75 Å². The topological polar surface area (TPSA) is 71.9 Å². The van der Waals surface area contributed by atoms with Gasteiger partial charge >= 0.3 is 0 Å². The van der Waals surface area contributed by atoms with Gasteiger partial charge in [0.25, 0.3) is 11.8 Å². The van der Waals surface area contributed by atoms with Crippen LogP contribution >= 0.6 is 0 Å². The van der Waals surface area contributed by atoms with E-state index in [1.165, 1.54) is 0 Å². The molecule has 150 valence electrons. The Labute approximate surface area is 166 Å². The van der Waals surface area contributed by atoms with E-state index in [0.717, 1.165) is 29.1 Å². The largest absolute Gasteiger partial charge is 0.497 e. The molecule has 0 aliphatic heterocycles. The molecule has 0 aliphatic rings. The van der Waals surface area contributed by atoms with Crippen LogP contribution in [0.4, 0.5) is 5.69 Å². The first-order valence-electron chi connectivity index (χ1n) is 9.61. The fourth-order valence-electron chi connectivity index (χ4n) is 3.03. The fraction of sp³-hybridized carbons (Fsp3) is 0.364. The Hall–Kier alpha value is -2.86. The first kappa shape index (κ1) is 21.4. The van der Waals surface area contributed by atoms with Gasteiger partial charge in [-0.25, -0.2) is 0 Å². The maximum atomic E-state index is 12.4. The van der Waals surface area contributed by atoms with E-state index in [2.05, 4.69) is 17.6 Å². The summed E-state index contributed by atoms with van der Waals surface area (Å²) in [5.74, 6) is 0.540. The summed E-state index contributed by atoms with van der Waals surface area (Å²) in [6, 6.07) is 17.1. The van der Waals surface area contributed by atoms with Gasteiger partial charge in [-0.1, -0.05) is 43.7 Å². The highest BCUT2D eigenvalue weighted by atomic mass is 16.5. The van der Waals surface area contributed by atoms with Crippen LogP contribution in [0, 0.1) is 0 Å². The number of quaternary nitrogens is 1. The second-order valence-corrected chi connectivity index (χ2v) is 6.91. The van der Waals surface area contributed by atoms with E-state index in [-0.39, 0.29) is 30.9 Å². The summed E-state index contributed by atoms with van der Waals surface area (Å²) in [6.07, 6.45) is 1.86. The minimum Gasteiger partial charge on any atom is -0.497 e. The lowest BCUT2D eigenvalue weighted by molar-refractivity contribution is -0.862. The molecule has 1 unspecified atom stereocenters. The molecule has 0 heterocycles. The van der Waals surface area contributed by atoms with E-state index in [1.807, 2.05) is 37.4 Å². The van der Waals surface area contributed by atoms with Crippen LogP contribution in [0.5, 0.6) is 5.75 Å². The highest BCUT2D eigenvalue weighted by Crippen LogP contribution is 2.17. The minimum atomic E-state index is -0.136. The van der Waals surface area contributed by atoms with Crippen molar-refractivity contribution in [3.8, 4) is 5.75 Å². The van der Waals surface area contributed by atoms with Crippen LogP contribution in [-0.4, -0.2) is 39.1 Å². The van der Waals surface area contributed by atoms with Gasteiger partial charge in [-0.15, -0.1) is 0 Å². The number of anilines is 1. The molecule has 28 heavy (non-hydrogen) atoms. The molecule has 0 fully saturated rings. The Morgan fingerprint density at radius 1 is 1.00 bits per heavy atom. The SMILES string of the molecule is CCC[C@H](NC(=O)C[NH+](C)CC(=O)Nc1ccc(OC)cc1)c1ccccc1. The van der Waals surface area contributed by atoms with Crippen LogP contribution in [0.25, 0.3) is 0 Å². The molecular formula is C22H30N3O3+. The van der Waals surface area contributed by atoms with E-state index in [1.54, 1.807) is 31.4 Å².